The smallest absolute Gasteiger partial charge is 0.304 e. The summed E-state index contributed by atoms with van der Waals surface area (Å²) in [6.07, 6.45) is 1.94. The number of nitrogens with zero attached hydrogens (tertiary/aromatic N) is 3. The molecule has 20 heavy (non-hydrogen) atoms. The second kappa shape index (κ2) is 5.71. The molecule has 0 bridgehead atoms. The van der Waals surface area contributed by atoms with Crippen molar-refractivity contribution in [3.8, 4) is 11.3 Å². The van der Waals surface area contributed by atoms with Crippen LogP contribution in [0.4, 0.5) is 0 Å². The number of aromatic nitrogens is 3. The lowest BCUT2D eigenvalue weighted by Gasteiger charge is -2.01. The van der Waals surface area contributed by atoms with Gasteiger partial charge in [0.15, 0.2) is 0 Å². The van der Waals surface area contributed by atoms with E-state index in [0.29, 0.717) is 6.54 Å². The first-order chi connectivity index (χ1) is 9.85. The van der Waals surface area contributed by atoms with Crippen LogP contribution in [0.2, 0.25) is 0 Å². The van der Waals surface area contributed by atoms with E-state index in [0.717, 1.165) is 22.3 Å². The fourth-order valence-electron chi connectivity index (χ4n) is 2.05. The summed E-state index contributed by atoms with van der Waals surface area (Å²) in [6.45, 7) is 0.672. The van der Waals surface area contributed by atoms with Crippen LogP contribution in [0, 0.1) is 0 Å². The minimum Gasteiger partial charge on any atom is -0.449 e. The van der Waals surface area contributed by atoms with E-state index in [-0.39, 0.29) is 7.48 Å². The zero-order valence-electron chi connectivity index (χ0n) is 11.0. The first kappa shape index (κ1) is 12.6. The Morgan fingerprint density at radius 2 is 1.75 bits per heavy atom. The highest BCUT2D eigenvalue weighted by molar-refractivity contribution is 6.45. The number of hydrogen-bond acceptors (Lipinski definition) is 3. The van der Waals surface area contributed by atoms with Crippen LogP contribution in [-0.4, -0.2) is 27.5 Å². The molecule has 1 N–H and O–H groups in total. The van der Waals surface area contributed by atoms with Crippen LogP contribution in [0.25, 0.3) is 11.3 Å². The highest BCUT2D eigenvalue weighted by Gasteiger charge is 2.04. The average Bonchev–Trinajstić information content (AvgIpc) is 2.97. The largest absolute Gasteiger partial charge is 0.449 e. The summed E-state index contributed by atoms with van der Waals surface area (Å²) in [5.74, 6) is 0. The molecule has 0 aliphatic carbocycles. The normalized spacial score (nSPS) is 10.4. The molecule has 0 aliphatic heterocycles. The summed E-state index contributed by atoms with van der Waals surface area (Å²) < 4.78 is 1.82. The van der Waals surface area contributed by atoms with E-state index < -0.39 is 0 Å². The third-order valence-electron chi connectivity index (χ3n) is 3.16. The summed E-state index contributed by atoms with van der Waals surface area (Å²) in [5, 5.41) is 17.4. The van der Waals surface area contributed by atoms with E-state index in [1.807, 2.05) is 65.5 Å². The van der Waals surface area contributed by atoms with Crippen molar-refractivity contribution in [3.63, 3.8) is 0 Å². The molecule has 0 amide bonds. The molecule has 0 saturated carbocycles. The van der Waals surface area contributed by atoms with Gasteiger partial charge in [-0.2, -0.15) is 0 Å². The van der Waals surface area contributed by atoms with E-state index in [2.05, 4.69) is 10.3 Å². The predicted molar refractivity (Wildman–Crippen MR) is 80.0 cm³/mol. The predicted octanol–water partition coefficient (Wildman–Crippen LogP) is 0.962. The van der Waals surface area contributed by atoms with E-state index in [9.17, 15) is 0 Å². The molecule has 0 atom stereocenters. The van der Waals surface area contributed by atoms with Crippen molar-refractivity contribution in [2.24, 2.45) is 0 Å². The molecular formula is C15H14BN3O. The van der Waals surface area contributed by atoms with Crippen LogP contribution in [0.5, 0.6) is 0 Å². The lowest BCUT2D eigenvalue weighted by atomic mass is 9.88. The summed E-state index contributed by atoms with van der Waals surface area (Å²) in [6, 6.07) is 17.8. The molecule has 0 saturated heterocycles. The van der Waals surface area contributed by atoms with Gasteiger partial charge in [0.05, 0.1) is 12.7 Å². The van der Waals surface area contributed by atoms with Crippen molar-refractivity contribution >= 4 is 12.9 Å². The van der Waals surface area contributed by atoms with Crippen LogP contribution in [-0.2, 0) is 6.54 Å². The monoisotopic (exact) mass is 263 g/mol. The molecule has 4 nitrogen and oxygen atoms in total. The highest BCUT2D eigenvalue weighted by atomic mass is 16.2. The molecule has 3 rings (SSSR count). The third kappa shape index (κ3) is 2.78. The van der Waals surface area contributed by atoms with Gasteiger partial charge in [0.2, 0.25) is 0 Å². The van der Waals surface area contributed by atoms with Crippen LogP contribution in [0.3, 0.4) is 0 Å². The Balaban J connectivity index is 1.77. The Bertz CT molecular complexity index is 680. The molecule has 0 aliphatic rings. The van der Waals surface area contributed by atoms with Crippen LogP contribution < -0.4 is 5.46 Å². The first-order valence-electron chi connectivity index (χ1n) is 6.49. The molecule has 98 valence electrons. The maximum Gasteiger partial charge on any atom is 0.304 e. The molecule has 1 heterocycles. The molecule has 0 fully saturated rings. The highest BCUT2D eigenvalue weighted by Crippen LogP contribution is 2.15. The third-order valence-corrected chi connectivity index (χ3v) is 3.16. The van der Waals surface area contributed by atoms with E-state index in [4.69, 9.17) is 5.02 Å². The second-order valence-electron chi connectivity index (χ2n) is 4.64. The van der Waals surface area contributed by atoms with Gasteiger partial charge < -0.3 is 5.02 Å². The maximum absolute atomic E-state index is 9.02. The van der Waals surface area contributed by atoms with Gasteiger partial charge in [-0.15, -0.1) is 5.10 Å². The van der Waals surface area contributed by atoms with Crippen molar-refractivity contribution in [3.05, 3.63) is 66.4 Å². The van der Waals surface area contributed by atoms with Crippen LogP contribution in [0.15, 0.2) is 60.8 Å². The van der Waals surface area contributed by atoms with Crippen molar-refractivity contribution in [1.82, 2.24) is 15.0 Å². The SMILES string of the molecule is OBc1ccc(Cn2cc(-c3ccccc3)nn2)cc1. The topological polar surface area (TPSA) is 50.9 Å². The Morgan fingerprint density at radius 3 is 2.45 bits per heavy atom. The van der Waals surface area contributed by atoms with Gasteiger partial charge in [0.1, 0.15) is 5.69 Å². The fraction of sp³-hybridized carbons (Fsp3) is 0.0667. The van der Waals surface area contributed by atoms with Gasteiger partial charge in [0.25, 0.3) is 0 Å². The molecule has 0 spiro atoms. The minimum absolute atomic E-state index is 0.0712. The lowest BCUT2D eigenvalue weighted by Crippen LogP contribution is -2.13. The maximum atomic E-state index is 9.02. The van der Waals surface area contributed by atoms with Crippen molar-refractivity contribution in [1.29, 1.82) is 0 Å². The summed E-state index contributed by atoms with van der Waals surface area (Å²) in [7, 11) is 0.0712. The van der Waals surface area contributed by atoms with Gasteiger partial charge in [-0.05, 0) is 5.56 Å². The molecule has 0 unspecified atom stereocenters. The van der Waals surface area contributed by atoms with Gasteiger partial charge in [0, 0.05) is 5.56 Å². The zero-order chi connectivity index (χ0) is 13.8. The Morgan fingerprint density at radius 1 is 1.00 bits per heavy atom. The fourth-order valence-corrected chi connectivity index (χ4v) is 2.05. The lowest BCUT2D eigenvalue weighted by molar-refractivity contribution is 0.615. The molecule has 2 aromatic carbocycles. The van der Waals surface area contributed by atoms with Gasteiger partial charge in [-0.25, -0.2) is 4.68 Å². The standard InChI is InChI=1S/C15H14BN3O/c20-16-14-8-6-12(7-9-14)10-19-11-15(17-18-19)13-4-2-1-3-5-13/h1-9,11,16,20H,10H2. The quantitative estimate of drug-likeness (QED) is 0.713. The first-order valence-corrected chi connectivity index (χ1v) is 6.49. The molecule has 3 aromatic rings. The summed E-state index contributed by atoms with van der Waals surface area (Å²) in [4.78, 5) is 0. The summed E-state index contributed by atoms with van der Waals surface area (Å²) in [5.41, 5.74) is 3.98. The average molecular weight is 263 g/mol. The van der Waals surface area contributed by atoms with Crippen molar-refractivity contribution < 1.29 is 5.02 Å². The van der Waals surface area contributed by atoms with Crippen molar-refractivity contribution in [2.45, 2.75) is 6.54 Å². The molecule has 1 aromatic heterocycles. The summed E-state index contributed by atoms with van der Waals surface area (Å²) >= 11 is 0. The van der Waals surface area contributed by atoms with E-state index in [1.54, 1.807) is 0 Å². The van der Waals surface area contributed by atoms with E-state index in [1.165, 1.54) is 0 Å². The minimum atomic E-state index is 0.0712. The van der Waals surface area contributed by atoms with Crippen LogP contribution in [0.1, 0.15) is 5.56 Å². The Labute approximate surface area is 118 Å². The molecular weight excluding hydrogens is 249 g/mol. The Hall–Kier alpha value is -2.40. The van der Waals surface area contributed by atoms with Crippen LogP contribution >= 0.6 is 0 Å². The molecule has 5 heteroatoms. The van der Waals surface area contributed by atoms with E-state index >= 15 is 0 Å². The van der Waals surface area contributed by atoms with Crippen molar-refractivity contribution in [2.75, 3.05) is 0 Å². The zero-order valence-corrected chi connectivity index (χ0v) is 11.0. The Kier molecular flexibility index (Phi) is 3.61. The van der Waals surface area contributed by atoms with Gasteiger partial charge in [-0.3, -0.25) is 0 Å². The number of rotatable bonds is 4. The van der Waals surface area contributed by atoms with Gasteiger partial charge >= 0.3 is 7.48 Å². The number of benzene rings is 2. The molecule has 0 radical (unpaired) electrons. The van der Waals surface area contributed by atoms with Gasteiger partial charge in [-0.1, -0.05) is 65.3 Å². The number of hydrogen-bond donors (Lipinski definition) is 1. The second-order valence-corrected chi connectivity index (χ2v) is 4.64.